The Morgan fingerprint density at radius 2 is 1.58 bits per heavy atom. The molecule has 0 aliphatic heterocycles. The van der Waals surface area contributed by atoms with Crippen LogP contribution in [0.25, 0.3) is 11.4 Å². The van der Waals surface area contributed by atoms with Gasteiger partial charge in [0.05, 0.1) is 27.7 Å². The van der Waals surface area contributed by atoms with Gasteiger partial charge in [-0.25, -0.2) is 0 Å². The Kier molecular flexibility index (Phi) is 8.13. The molecular formula is C25H22Cl2F3N3O5. The Labute approximate surface area is 224 Å². The van der Waals surface area contributed by atoms with Crippen LogP contribution >= 0.6 is 23.2 Å². The van der Waals surface area contributed by atoms with Gasteiger partial charge in [-0.05, 0) is 28.7 Å². The van der Waals surface area contributed by atoms with Gasteiger partial charge in [-0.15, -0.1) is 0 Å². The van der Waals surface area contributed by atoms with E-state index < -0.39 is 63.0 Å². The second-order valence-electron chi connectivity index (χ2n) is 9.36. The van der Waals surface area contributed by atoms with E-state index in [0.717, 1.165) is 10.1 Å². The molecule has 3 aromatic rings. The lowest BCUT2D eigenvalue weighted by Crippen LogP contribution is -2.37. The van der Waals surface area contributed by atoms with E-state index in [1.54, 1.807) is 12.1 Å². The summed E-state index contributed by atoms with van der Waals surface area (Å²) in [5, 5.41) is 20.2. The number of aliphatic carboxylic acids is 1. The molecule has 0 atom stereocenters. The molecule has 13 heteroatoms. The number of nitrogens with one attached hydrogen (secondary N) is 1. The van der Waals surface area contributed by atoms with E-state index in [4.69, 9.17) is 28.3 Å². The molecule has 3 N–H and O–H groups in total. The highest BCUT2D eigenvalue weighted by molar-refractivity contribution is 6.39. The van der Waals surface area contributed by atoms with Gasteiger partial charge in [0.1, 0.15) is 12.4 Å². The van der Waals surface area contributed by atoms with E-state index in [2.05, 4.69) is 4.98 Å². The molecule has 8 nitrogen and oxygen atoms in total. The molecule has 202 valence electrons. The molecule has 38 heavy (non-hydrogen) atoms. The lowest BCUT2D eigenvalue weighted by Gasteiger charge is -2.20. The molecule has 1 aromatic heterocycles. The number of hydrogen-bond donors (Lipinski definition) is 3. The van der Waals surface area contributed by atoms with Crippen LogP contribution in [0.2, 0.25) is 10.0 Å². The summed E-state index contributed by atoms with van der Waals surface area (Å²) in [6, 6.07) is 8.27. The fourth-order valence-corrected chi connectivity index (χ4v) is 4.22. The Morgan fingerprint density at radius 1 is 1.03 bits per heavy atom. The number of amides is 1. The third-order valence-corrected chi connectivity index (χ3v) is 6.13. The van der Waals surface area contributed by atoms with Gasteiger partial charge in [-0.1, -0.05) is 68.2 Å². The quantitative estimate of drug-likeness (QED) is 0.378. The van der Waals surface area contributed by atoms with Crippen LogP contribution in [0, 0.1) is 0 Å². The maximum Gasteiger partial charge on any atom is 0.416 e. The Bertz CT molecular complexity index is 1440. The lowest BCUT2D eigenvalue weighted by molar-refractivity contribution is -0.137. The maximum atomic E-state index is 13.4. The molecule has 3 rings (SSSR count). The van der Waals surface area contributed by atoms with Crippen LogP contribution in [0.5, 0.6) is 5.88 Å². The highest BCUT2D eigenvalue weighted by Crippen LogP contribution is 2.40. The minimum atomic E-state index is -4.76. The van der Waals surface area contributed by atoms with Gasteiger partial charge in [0.15, 0.2) is 5.56 Å². The second kappa shape index (κ2) is 10.7. The topological polar surface area (TPSA) is 122 Å². The number of aromatic nitrogens is 2. The van der Waals surface area contributed by atoms with E-state index in [-0.39, 0.29) is 17.5 Å². The monoisotopic (exact) mass is 571 g/mol. The standard InChI is InChI=1S/C25H22Cl2F3N3O5/c1-24(2,3)13-6-4-12(5-7-13)11-33-20(18-15(26)8-14(9-16(18)27)25(28,29)30)32-22(37)19(23(33)38)21(36)31-10-17(34)35/h4-9,37H,10-11H2,1-3H3,(H,31,36)(H,34,35). The van der Waals surface area contributed by atoms with Crippen molar-refractivity contribution in [1.29, 1.82) is 0 Å². The Morgan fingerprint density at radius 3 is 2.05 bits per heavy atom. The number of halogens is 5. The number of nitrogens with zero attached hydrogens (tertiary/aromatic N) is 2. The third kappa shape index (κ3) is 6.28. The van der Waals surface area contributed by atoms with Gasteiger partial charge in [0.25, 0.3) is 11.5 Å². The first-order chi connectivity index (χ1) is 17.5. The van der Waals surface area contributed by atoms with Crippen LogP contribution in [-0.4, -0.2) is 38.2 Å². The molecule has 0 spiro atoms. The predicted octanol–water partition coefficient (Wildman–Crippen LogP) is 5.10. The predicted molar refractivity (Wildman–Crippen MR) is 135 cm³/mol. The minimum absolute atomic E-state index is 0.169. The van der Waals surface area contributed by atoms with Crippen molar-refractivity contribution in [2.24, 2.45) is 0 Å². The average Bonchev–Trinajstić information content (AvgIpc) is 2.78. The molecule has 1 heterocycles. The largest absolute Gasteiger partial charge is 0.493 e. The molecule has 1 amide bonds. The van der Waals surface area contributed by atoms with Gasteiger partial charge >= 0.3 is 12.1 Å². The number of aromatic hydroxyl groups is 1. The molecule has 0 fully saturated rings. The van der Waals surface area contributed by atoms with Gasteiger partial charge in [-0.2, -0.15) is 18.2 Å². The van der Waals surface area contributed by atoms with Crippen molar-refractivity contribution < 1.29 is 33.0 Å². The van der Waals surface area contributed by atoms with E-state index in [9.17, 15) is 32.7 Å². The Hall–Kier alpha value is -3.57. The number of carboxylic acid groups (broad SMARTS) is 1. The van der Waals surface area contributed by atoms with Crippen molar-refractivity contribution in [1.82, 2.24) is 14.9 Å². The van der Waals surface area contributed by atoms with Crippen molar-refractivity contribution >= 4 is 35.1 Å². The number of benzene rings is 2. The molecule has 0 aliphatic carbocycles. The molecule has 0 saturated heterocycles. The van der Waals surface area contributed by atoms with Crippen LogP contribution < -0.4 is 10.9 Å². The summed E-state index contributed by atoms with van der Waals surface area (Å²) in [4.78, 5) is 40.7. The summed E-state index contributed by atoms with van der Waals surface area (Å²) in [5.74, 6) is -4.09. The molecular weight excluding hydrogens is 550 g/mol. The summed E-state index contributed by atoms with van der Waals surface area (Å²) in [5.41, 5.74) is -2.01. The first-order valence-electron chi connectivity index (χ1n) is 11.0. The van der Waals surface area contributed by atoms with Crippen molar-refractivity contribution in [3.05, 3.63) is 79.1 Å². The highest BCUT2D eigenvalue weighted by atomic mass is 35.5. The van der Waals surface area contributed by atoms with E-state index >= 15 is 0 Å². The second-order valence-corrected chi connectivity index (χ2v) is 10.2. The zero-order valence-corrected chi connectivity index (χ0v) is 21.8. The first kappa shape index (κ1) is 29.0. The van der Waals surface area contributed by atoms with Gasteiger partial charge in [0.2, 0.25) is 5.88 Å². The third-order valence-electron chi connectivity index (χ3n) is 5.53. The van der Waals surface area contributed by atoms with Crippen LogP contribution in [-0.2, 0) is 22.9 Å². The first-order valence-corrected chi connectivity index (χ1v) is 11.8. The zero-order valence-electron chi connectivity index (χ0n) is 20.3. The van der Waals surface area contributed by atoms with Gasteiger partial charge in [-0.3, -0.25) is 19.0 Å². The molecule has 0 saturated carbocycles. The van der Waals surface area contributed by atoms with Crippen LogP contribution in [0.4, 0.5) is 13.2 Å². The molecule has 0 radical (unpaired) electrons. The van der Waals surface area contributed by atoms with Crippen molar-refractivity contribution in [2.45, 2.75) is 38.9 Å². The minimum Gasteiger partial charge on any atom is -0.493 e. The Balaban J connectivity index is 2.25. The number of carbonyl (C=O) groups is 2. The SMILES string of the molecule is CC(C)(C)c1ccc(Cn2c(-c3c(Cl)cc(C(F)(F)F)cc3Cl)nc(O)c(C(=O)NCC(=O)O)c2=O)cc1. The molecule has 2 aromatic carbocycles. The number of carbonyl (C=O) groups excluding carboxylic acids is 1. The van der Waals surface area contributed by atoms with Crippen LogP contribution in [0.15, 0.2) is 41.2 Å². The van der Waals surface area contributed by atoms with Crippen molar-refractivity contribution in [3.63, 3.8) is 0 Å². The highest BCUT2D eigenvalue weighted by Gasteiger charge is 2.33. The summed E-state index contributed by atoms with van der Waals surface area (Å²) < 4.78 is 40.7. The van der Waals surface area contributed by atoms with Crippen molar-refractivity contribution in [3.8, 4) is 17.3 Å². The summed E-state index contributed by atoms with van der Waals surface area (Å²) >= 11 is 12.3. The van der Waals surface area contributed by atoms with Crippen molar-refractivity contribution in [2.75, 3.05) is 6.54 Å². The molecule has 0 unspecified atom stereocenters. The number of carboxylic acids is 1. The van der Waals surface area contributed by atoms with E-state index in [1.165, 1.54) is 0 Å². The van der Waals surface area contributed by atoms with E-state index in [1.807, 2.05) is 38.2 Å². The van der Waals surface area contributed by atoms with Gasteiger partial charge in [0, 0.05) is 0 Å². The molecule has 0 aliphatic rings. The van der Waals surface area contributed by atoms with Crippen LogP contribution in [0.1, 0.15) is 47.8 Å². The number of alkyl halides is 3. The van der Waals surface area contributed by atoms with Gasteiger partial charge < -0.3 is 15.5 Å². The smallest absolute Gasteiger partial charge is 0.416 e. The number of rotatable bonds is 6. The maximum absolute atomic E-state index is 13.4. The normalized spacial score (nSPS) is 11.9. The lowest BCUT2D eigenvalue weighted by atomic mass is 9.87. The van der Waals surface area contributed by atoms with E-state index in [0.29, 0.717) is 17.7 Å². The van der Waals surface area contributed by atoms with Crippen LogP contribution in [0.3, 0.4) is 0 Å². The summed E-state index contributed by atoms with van der Waals surface area (Å²) in [6.45, 7) is 4.93. The zero-order chi connectivity index (χ0) is 28.6. The fraction of sp³-hybridized carbons (Fsp3) is 0.280. The fourth-order valence-electron chi connectivity index (χ4n) is 3.57. The number of hydrogen-bond acceptors (Lipinski definition) is 5. The molecule has 0 bridgehead atoms. The average molecular weight is 572 g/mol. The summed E-state index contributed by atoms with van der Waals surface area (Å²) in [6.07, 6.45) is -4.76. The summed E-state index contributed by atoms with van der Waals surface area (Å²) in [7, 11) is 0.